The largest absolute Gasteiger partial charge is 0.617 e. The lowest BCUT2D eigenvalue weighted by Crippen LogP contribution is -2.55. The van der Waals surface area contributed by atoms with Crippen LogP contribution in [0.15, 0.2) is 54.6 Å². The number of carbonyl (C=O) groups excluding carboxylic acids is 4. The van der Waals surface area contributed by atoms with Gasteiger partial charge in [0.05, 0.1) is 31.5 Å². The molecule has 0 aliphatic heterocycles. The number of carbonyl (C=O) groups is 4. The van der Waals surface area contributed by atoms with Gasteiger partial charge in [-0.1, -0.05) is 53.6 Å². The molecule has 0 spiro atoms. The Morgan fingerprint density at radius 2 is 1.57 bits per heavy atom. The van der Waals surface area contributed by atoms with E-state index in [2.05, 4.69) is 16.0 Å². The number of nitrogens with zero attached hydrogens (tertiary/aromatic N) is 1. The molecule has 7 N–H and O–H groups in total. The molecule has 12 nitrogen and oxygen atoms in total. The van der Waals surface area contributed by atoms with Crippen LogP contribution in [0.1, 0.15) is 24.5 Å². The molecule has 0 radical (unpaired) electrons. The van der Waals surface area contributed by atoms with Crippen molar-refractivity contribution >= 4 is 34.8 Å². The standard InChI is InChI=1S/C29H41N5O7S/c1-19(32-28(39)24(30)15-21-9-11-23(36)12-10-21)27(38)31-17-26(37)34(2)25(16-20-7-5-4-6-8-20)29(40)33-22(18-35)13-14-42(3)41/h4-12,19,22,24-25,35-36H,13-18,30H2,1-3H3,(H,31,38)(H,32,39)(H,33,40)/t19-,22+,24+,25+,42?/m1/s1. The third kappa shape index (κ3) is 11.7. The smallest absolute Gasteiger partial charge is 0.243 e. The molecular weight excluding hydrogens is 562 g/mol. The van der Waals surface area contributed by atoms with E-state index >= 15 is 0 Å². The monoisotopic (exact) mass is 603 g/mol. The maximum absolute atomic E-state index is 13.2. The van der Waals surface area contributed by atoms with E-state index < -0.39 is 65.5 Å². The molecule has 4 amide bonds. The van der Waals surface area contributed by atoms with Gasteiger partial charge in [0.1, 0.15) is 23.6 Å². The summed E-state index contributed by atoms with van der Waals surface area (Å²) in [7, 11) is 1.45. The van der Waals surface area contributed by atoms with Crippen molar-refractivity contribution in [2.24, 2.45) is 5.73 Å². The van der Waals surface area contributed by atoms with Crippen LogP contribution in [-0.4, -0.2) is 99.7 Å². The normalized spacial score (nSPS) is 14.5. The molecule has 0 aliphatic carbocycles. The van der Waals surface area contributed by atoms with Gasteiger partial charge in [-0.15, -0.1) is 0 Å². The second kappa shape index (κ2) is 17.3. The van der Waals surface area contributed by atoms with E-state index in [9.17, 15) is 33.9 Å². The molecule has 230 valence electrons. The Bertz CT molecular complexity index is 1170. The van der Waals surface area contributed by atoms with Crippen LogP contribution in [0.4, 0.5) is 0 Å². The Morgan fingerprint density at radius 3 is 2.17 bits per heavy atom. The van der Waals surface area contributed by atoms with Gasteiger partial charge in [0.25, 0.3) is 0 Å². The Morgan fingerprint density at radius 1 is 0.952 bits per heavy atom. The molecule has 2 rings (SSSR count). The molecule has 0 aromatic heterocycles. The Balaban J connectivity index is 1.97. The summed E-state index contributed by atoms with van der Waals surface area (Å²) in [5, 5.41) is 26.8. The summed E-state index contributed by atoms with van der Waals surface area (Å²) in [5.41, 5.74) is 7.50. The molecule has 0 aliphatic rings. The highest BCUT2D eigenvalue weighted by Crippen LogP contribution is 2.12. The zero-order valence-electron chi connectivity index (χ0n) is 24.1. The number of nitrogens with two attached hydrogens (primary N) is 1. The molecule has 2 aromatic carbocycles. The maximum Gasteiger partial charge on any atom is 0.243 e. The first-order chi connectivity index (χ1) is 19.9. The summed E-state index contributed by atoms with van der Waals surface area (Å²) >= 11 is -1.10. The number of aliphatic hydroxyl groups excluding tert-OH is 1. The number of hydrogen-bond donors (Lipinski definition) is 6. The van der Waals surface area contributed by atoms with Gasteiger partial charge in [0, 0.05) is 19.9 Å². The zero-order chi connectivity index (χ0) is 31.2. The van der Waals surface area contributed by atoms with Crippen LogP contribution < -0.4 is 21.7 Å². The lowest BCUT2D eigenvalue weighted by atomic mass is 10.0. The number of hydrogen-bond acceptors (Lipinski definition) is 8. The van der Waals surface area contributed by atoms with Crippen LogP contribution in [0.25, 0.3) is 0 Å². The van der Waals surface area contributed by atoms with Gasteiger partial charge in [-0.25, -0.2) is 0 Å². The van der Waals surface area contributed by atoms with Crippen molar-refractivity contribution in [3.63, 3.8) is 0 Å². The van der Waals surface area contributed by atoms with Crippen LogP contribution in [0.5, 0.6) is 5.75 Å². The van der Waals surface area contributed by atoms with Gasteiger partial charge in [0.2, 0.25) is 23.6 Å². The number of aliphatic hydroxyl groups is 1. The third-order valence-electron chi connectivity index (χ3n) is 6.65. The number of phenols is 1. The average Bonchev–Trinajstić information content (AvgIpc) is 2.97. The van der Waals surface area contributed by atoms with Crippen molar-refractivity contribution in [3.05, 3.63) is 65.7 Å². The van der Waals surface area contributed by atoms with E-state index in [4.69, 9.17) is 5.73 Å². The van der Waals surface area contributed by atoms with Crippen molar-refractivity contribution in [3.8, 4) is 5.75 Å². The van der Waals surface area contributed by atoms with Gasteiger partial charge in [-0.05, 0) is 36.6 Å². The molecular formula is C29H41N5O7S. The highest BCUT2D eigenvalue weighted by Gasteiger charge is 2.29. The van der Waals surface area contributed by atoms with Gasteiger partial charge >= 0.3 is 0 Å². The number of benzene rings is 2. The summed E-state index contributed by atoms with van der Waals surface area (Å²) < 4.78 is 11.5. The minimum Gasteiger partial charge on any atom is -0.617 e. The first-order valence-corrected chi connectivity index (χ1v) is 15.3. The number of rotatable bonds is 16. The number of nitrogens with one attached hydrogen (secondary N) is 3. The van der Waals surface area contributed by atoms with Crippen molar-refractivity contribution in [1.82, 2.24) is 20.9 Å². The fraction of sp³-hybridized carbons (Fsp3) is 0.448. The van der Waals surface area contributed by atoms with Crippen LogP contribution in [-0.2, 0) is 43.2 Å². The lowest BCUT2D eigenvalue weighted by Gasteiger charge is -2.29. The molecule has 0 bridgehead atoms. The number of phenolic OH excluding ortho intramolecular Hbond substituents is 1. The highest BCUT2D eigenvalue weighted by atomic mass is 32.2. The predicted octanol–water partition coefficient (Wildman–Crippen LogP) is -0.802. The van der Waals surface area contributed by atoms with E-state index in [0.29, 0.717) is 12.2 Å². The lowest BCUT2D eigenvalue weighted by molar-refractivity contribution is -0.139. The summed E-state index contributed by atoms with van der Waals surface area (Å²) in [6, 6.07) is 11.8. The van der Waals surface area contributed by atoms with Gasteiger partial charge in [-0.2, -0.15) is 0 Å². The maximum atomic E-state index is 13.2. The van der Waals surface area contributed by atoms with Crippen molar-refractivity contribution < 1.29 is 33.9 Å². The Labute approximate surface area is 249 Å². The number of likely N-dealkylation sites (N-methyl/N-ethyl adjacent to an activating group) is 1. The topological polar surface area (TPSA) is 197 Å². The quantitative estimate of drug-likeness (QED) is 0.134. The van der Waals surface area contributed by atoms with Crippen LogP contribution in [0.2, 0.25) is 0 Å². The van der Waals surface area contributed by atoms with Crippen molar-refractivity contribution in [1.29, 1.82) is 0 Å². The van der Waals surface area contributed by atoms with E-state index in [1.807, 2.05) is 30.3 Å². The molecule has 5 atom stereocenters. The SMILES string of the molecule is C[C@@H](NC(=O)[C@@H](N)Cc1ccc(O)cc1)C(=O)NCC(=O)N(C)[C@@H](Cc1ccccc1)C(=O)N[C@H](CO)CC[S+](C)[O-]. The molecule has 42 heavy (non-hydrogen) atoms. The van der Waals surface area contributed by atoms with Crippen molar-refractivity contribution in [2.75, 3.05) is 32.2 Å². The minimum atomic E-state index is -1.10. The number of amides is 4. The predicted molar refractivity (Wildman–Crippen MR) is 160 cm³/mol. The van der Waals surface area contributed by atoms with Crippen LogP contribution >= 0.6 is 0 Å². The molecule has 1 unspecified atom stereocenters. The van der Waals surface area contributed by atoms with E-state index in [1.165, 1.54) is 37.3 Å². The van der Waals surface area contributed by atoms with Gasteiger partial charge in [-0.3, -0.25) is 19.2 Å². The zero-order valence-corrected chi connectivity index (χ0v) is 24.9. The van der Waals surface area contributed by atoms with E-state index in [1.54, 1.807) is 12.1 Å². The van der Waals surface area contributed by atoms with Crippen LogP contribution in [0, 0.1) is 0 Å². The molecule has 2 aromatic rings. The summed E-state index contributed by atoms with van der Waals surface area (Å²) in [5.74, 6) is -1.82. The molecule has 13 heteroatoms. The van der Waals surface area contributed by atoms with Gasteiger partial charge < -0.3 is 41.3 Å². The minimum absolute atomic E-state index is 0.0920. The summed E-state index contributed by atoms with van der Waals surface area (Å²) in [6.07, 6.45) is 2.22. The molecule has 0 heterocycles. The second-order valence-electron chi connectivity index (χ2n) is 10.1. The average molecular weight is 604 g/mol. The van der Waals surface area contributed by atoms with E-state index in [0.717, 1.165) is 11.1 Å². The summed E-state index contributed by atoms with van der Waals surface area (Å²) in [4.78, 5) is 52.6. The van der Waals surface area contributed by atoms with Gasteiger partial charge in [0.15, 0.2) is 0 Å². The molecule has 0 fully saturated rings. The van der Waals surface area contributed by atoms with Crippen LogP contribution in [0.3, 0.4) is 0 Å². The number of aromatic hydroxyl groups is 1. The third-order valence-corrected chi connectivity index (χ3v) is 7.46. The fourth-order valence-corrected chi connectivity index (χ4v) is 4.65. The van der Waals surface area contributed by atoms with E-state index in [-0.39, 0.29) is 25.2 Å². The first-order valence-electron chi connectivity index (χ1n) is 13.5. The highest BCUT2D eigenvalue weighted by molar-refractivity contribution is 7.90. The summed E-state index contributed by atoms with van der Waals surface area (Å²) in [6.45, 7) is 0.682. The Hall–Kier alpha value is -3.65. The molecule has 0 saturated carbocycles. The van der Waals surface area contributed by atoms with Crippen molar-refractivity contribution in [2.45, 2.75) is 50.4 Å². The fourth-order valence-electron chi connectivity index (χ4n) is 4.04. The second-order valence-corrected chi connectivity index (χ2v) is 11.6. The first kappa shape index (κ1) is 34.6. The Kier molecular flexibility index (Phi) is 14.3. The molecule has 0 saturated heterocycles.